The summed E-state index contributed by atoms with van der Waals surface area (Å²) in [6.45, 7) is 1.20. The van der Waals surface area contributed by atoms with Crippen LogP contribution in [-0.2, 0) is 14.8 Å². The minimum Gasteiger partial charge on any atom is -0.378 e. The average molecular weight is 414 g/mol. The van der Waals surface area contributed by atoms with E-state index in [1.807, 2.05) is 0 Å². The lowest BCUT2D eigenvalue weighted by atomic mass is 10.2. The van der Waals surface area contributed by atoms with E-state index < -0.39 is 10.0 Å². The highest BCUT2D eigenvalue weighted by Crippen LogP contribution is 2.26. The zero-order valence-electron chi connectivity index (χ0n) is 10.2. The second-order valence-corrected chi connectivity index (χ2v) is 7.69. The first-order valence-corrected chi connectivity index (χ1v) is 8.72. The molecule has 1 unspecified atom stereocenters. The van der Waals surface area contributed by atoms with Gasteiger partial charge in [-0.1, -0.05) is 15.9 Å². The van der Waals surface area contributed by atoms with E-state index in [0.29, 0.717) is 22.0 Å². The van der Waals surface area contributed by atoms with E-state index >= 15 is 0 Å². The molecule has 1 heterocycles. The highest BCUT2D eigenvalue weighted by Gasteiger charge is 2.31. The van der Waals surface area contributed by atoms with Crippen molar-refractivity contribution in [2.24, 2.45) is 0 Å². The van der Waals surface area contributed by atoms with Gasteiger partial charge in [0.15, 0.2) is 0 Å². The predicted molar refractivity (Wildman–Crippen MR) is 79.6 cm³/mol. The van der Waals surface area contributed by atoms with E-state index in [4.69, 9.17) is 4.74 Å². The number of rotatable bonds is 4. The van der Waals surface area contributed by atoms with Crippen LogP contribution in [0, 0.1) is 0 Å². The Balaban J connectivity index is 2.25. The molecule has 0 spiro atoms. The van der Waals surface area contributed by atoms with Crippen molar-refractivity contribution >= 4 is 41.9 Å². The molecule has 19 heavy (non-hydrogen) atoms. The summed E-state index contributed by atoms with van der Waals surface area (Å²) in [5, 5.41) is 3.10. The van der Waals surface area contributed by atoms with Gasteiger partial charge in [-0.3, -0.25) is 0 Å². The summed E-state index contributed by atoms with van der Waals surface area (Å²) in [5.74, 6) is 0. The summed E-state index contributed by atoms with van der Waals surface area (Å²) in [5.41, 5.74) is 0. The molecule has 0 radical (unpaired) electrons. The normalized spacial score (nSPS) is 23.7. The van der Waals surface area contributed by atoms with Gasteiger partial charge in [-0.25, -0.2) is 13.1 Å². The van der Waals surface area contributed by atoms with Crippen molar-refractivity contribution in [3.63, 3.8) is 0 Å². The summed E-state index contributed by atoms with van der Waals surface area (Å²) in [4.78, 5) is 0.212. The van der Waals surface area contributed by atoms with E-state index in [9.17, 15) is 8.42 Å². The minimum atomic E-state index is -3.59. The molecule has 0 saturated carbocycles. The molecule has 1 saturated heterocycles. The highest BCUT2D eigenvalue weighted by atomic mass is 79.9. The van der Waals surface area contributed by atoms with Gasteiger partial charge in [0, 0.05) is 29.1 Å². The molecule has 2 N–H and O–H groups in total. The summed E-state index contributed by atoms with van der Waals surface area (Å²) in [6.07, 6.45) is -0.152. The molecule has 0 bridgehead atoms. The number of methoxy groups -OCH3 is 1. The van der Waals surface area contributed by atoms with Gasteiger partial charge in [0.05, 0.1) is 17.0 Å². The van der Waals surface area contributed by atoms with Gasteiger partial charge in [-0.05, 0) is 34.1 Å². The average Bonchev–Trinajstić information content (AvgIpc) is 2.78. The lowest BCUT2D eigenvalue weighted by Crippen LogP contribution is -2.43. The second-order valence-electron chi connectivity index (χ2n) is 4.23. The Labute approximate surface area is 129 Å². The van der Waals surface area contributed by atoms with E-state index in [2.05, 4.69) is 41.9 Å². The number of hydrogen-bond acceptors (Lipinski definition) is 4. The van der Waals surface area contributed by atoms with Gasteiger partial charge in [-0.15, -0.1) is 0 Å². The van der Waals surface area contributed by atoms with Crippen LogP contribution in [0.5, 0.6) is 0 Å². The number of sulfonamides is 1. The number of halogens is 2. The van der Waals surface area contributed by atoms with Gasteiger partial charge >= 0.3 is 0 Å². The fourth-order valence-electron chi connectivity index (χ4n) is 1.97. The first kappa shape index (κ1) is 15.4. The van der Waals surface area contributed by atoms with Crippen molar-refractivity contribution in [2.45, 2.75) is 17.0 Å². The van der Waals surface area contributed by atoms with E-state index in [1.54, 1.807) is 25.3 Å². The van der Waals surface area contributed by atoms with Crippen LogP contribution >= 0.6 is 31.9 Å². The Morgan fingerprint density at radius 3 is 2.79 bits per heavy atom. The highest BCUT2D eigenvalue weighted by molar-refractivity contribution is 9.11. The van der Waals surface area contributed by atoms with Crippen molar-refractivity contribution in [1.82, 2.24) is 10.0 Å². The molecular formula is C11H14Br2N2O3S. The molecule has 0 aromatic heterocycles. The maximum Gasteiger partial charge on any atom is 0.242 e. The largest absolute Gasteiger partial charge is 0.378 e. The van der Waals surface area contributed by atoms with E-state index in [-0.39, 0.29) is 17.0 Å². The van der Waals surface area contributed by atoms with Gasteiger partial charge in [-0.2, -0.15) is 0 Å². The van der Waals surface area contributed by atoms with Crippen LogP contribution in [0.1, 0.15) is 0 Å². The topological polar surface area (TPSA) is 67.4 Å². The maximum atomic E-state index is 12.4. The van der Waals surface area contributed by atoms with E-state index in [0.717, 1.165) is 0 Å². The lowest BCUT2D eigenvalue weighted by molar-refractivity contribution is 0.103. The smallest absolute Gasteiger partial charge is 0.242 e. The first-order valence-electron chi connectivity index (χ1n) is 5.65. The van der Waals surface area contributed by atoms with Crippen LogP contribution in [0.25, 0.3) is 0 Å². The van der Waals surface area contributed by atoms with Crippen LogP contribution in [-0.4, -0.2) is 40.8 Å². The zero-order chi connectivity index (χ0) is 14.0. The second kappa shape index (κ2) is 6.19. The fraction of sp³-hybridized carbons (Fsp3) is 0.455. The standard InChI is InChI=1S/C11H14Br2N2O3S/c1-18-10-6-14-5-9(10)15-19(16,17)11-4-7(12)2-3-8(11)13/h2-4,9-10,14-15H,5-6H2,1H3/t9?,10-/m0/s1. The van der Waals surface area contributed by atoms with Crippen molar-refractivity contribution in [2.75, 3.05) is 20.2 Å². The molecule has 5 nitrogen and oxygen atoms in total. The number of nitrogens with one attached hydrogen (secondary N) is 2. The molecule has 1 fully saturated rings. The lowest BCUT2D eigenvalue weighted by Gasteiger charge is -2.19. The Morgan fingerprint density at radius 1 is 1.37 bits per heavy atom. The Hall–Kier alpha value is 0.01000. The third-order valence-corrected chi connectivity index (χ3v) is 5.93. The summed E-state index contributed by atoms with van der Waals surface area (Å²) in [7, 11) is -2.01. The van der Waals surface area contributed by atoms with Crippen LogP contribution in [0.3, 0.4) is 0 Å². The monoisotopic (exact) mass is 412 g/mol. The SMILES string of the molecule is CO[C@H]1CNCC1NS(=O)(=O)c1cc(Br)ccc1Br. The molecule has 8 heteroatoms. The van der Waals surface area contributed by atoms with Crippen LogP contribution in [0.4, 0.5) is 0 Å². The van der Waals surface area contributed by atoms with Crippen molar-refractivity contribution in [3.8, 4) is 0 Å². The number of ether oxygens (including phenoxy) is 1. The molecule has 1 aromatic carbocycles. The molecule has 106 valence electrons. The molecule has 2 atom stereocenters. The van der Waals surface area contributed by atoms with Crippen molar-refractivity contribution in [1.29, 1.82) is 0 Å². The predicted octanol–water partition coefficient (Wildman–Crippen LogP) is 1.48. The third kappa shape index (κ3) is 3.56. The molecule has 0 amide bonds. The first-order chi connectivity index (χ1) is 8.94. The van der Waals surface area contributed by atoms with Crippen molar-refractivity contribution < 1.29 is 13.2 Å². The third-order valence-electron chi connectivity index (χ3n) is 2.95. The number of benzene rings is 1. The molecule has 1 aliphatic rings. The molecule has 0 aliphatic carbocycles. The fourth-order valence-corrected chi connectivity index (χ4v) is 4.73. The van der Waals surface area contributed by atoms with Gasteiger partial charge < -0.3 is 10.1 Å². The van der Waals surface area contributed by atoms with Gasteiger partial charge in [0.2, 0.25) is 10.0 Å². The van der Waals surface area contributed by atoms with Crippen molar-refractivity contribution in [3.05, 3.63) is 27.1 Å². The molecule has 1 aliphatic heterocycles. The van der Waals surface area contributed by atoms with Crippen LogP contribution in [0.2, 0.25) is 0 Å². The van der Waals surface area contributed by atoms with Gasteiger partial charge in [0.25, 0.3) is 0 Å². The summed E-state index contributed by atoms with van der Waals surface area (Å²) in [6, 6.07) is 4.77. The summed E-state index contributed by atoms with van der Waals surface area (Å²) >= 11 is 6.54. The number of hydrogen-bond donors (Lipinski definition) is 2. The Kier molecular flexibility index (Phi) is 5.02. The Bertz CT molecular complexity index is 565. The van der Waals surface area contributed by atoms with Crippen LogP contribution < -0.4 is 10.0 Å². The maximum absolute atomic E-state index is 12.4. The van der Waals surface area contributed by atoms with Crippen LogP contribution in [0.15, 0.2) is 32.0 Å². The van der Waals surface area contributed by atoms with E-state index in [1.165, 1.54) is 0 Å². The molecule has 2 rings (SSSR count). The zero-order valence-corrected chi connectivity index (χ0v) is 14.2. The minimum absolute atomic E-state index is 0.152. The molecular weight excluding hydrogens is 400 g/mol. The molecule has 1 aromatic rings. The quantitative estimate of drug-likeness (QED) is 0.784. The summed E-state index contributed by atoms with van der Waals surface area (Å²) < 4.78 is 33.9. The van der Waals surface area contributed by atoms with Gasteiger partial charge in [0.1, 0.15) is 0 Å². The Morgan fingerprint density at radius 2 is 2.11 bits per heavy atom.